The molecule has 0 bridgehead atoms. The quantitative estimate of drug-likeness (QED) is 0.434. The Morgan fingerprint density at radius 1 is 1.71 bits per heavy atom. The van der Waals surface area contributed by atoms with Gasteiger partial charge in [-0.15, -0.1) is 0 Å². The van der Waals surface area contributed by atoms with E-state index in [1.54, 1.807) is 0 Å². The Kier molecular flexibility index (Phi) is 4.62. The van der Waals surface area contributed by atoms with Crippen LogP contribution in [-0.2, 0) is 4.79 Å². The predicted octanol–water partition coefficient (Wildman–Crippen LogP) is -0.0515. The van der Waals surface area contributed by atoms with Gasteiger partial charge in [0.2, 0.25) is 0 Å². The van der Waals surface area contributed by atoms with E-state index in [9.17, 15) is 9.90 Å². The summed E-state index contributed by atoms with van der Waals surface area (Å²) in [5.74, 6) is -1.19. The molecular formula is C5H9O2-. The van der Waals surface area contributed by atoms with Gasteiger partial charge in [-0.3, -0.25) is 0 Å². The van der Waals surface area contributed by atoms with Crippen molar-refractivity contribution in [3.8, 4) is 0 Å². The summed E-state index contributed by atoms with van der Waals surface area (Å²) >= 11 is 0. The summed E-state index contributed by atoms with van der Waals surface area (Å²) in [6.45, 7) is 4.48. The van der Waals surface area contributed by atoms with E-state index in [-0.39, 0.29) is 13.0 Å². The molecule has 7 heavy (non-hydrogen) atoms. The number of carboxylic acids is 1. The lowest BCUT2D eigenvalue weighted by Crippen LogP contribution is -2.22. The molecule has 0 radical (unpaired) electrons. The standard InChI is InChI=1S/C4H6O2.CH4/c1-3(2)4(5)6;/h1H2,2H3,(H,5,6);1H4/p-1. The fourth-order valence-corrected chi connectivity index (χ4v) is 0. The molecule has 0 heterocycles. The third kappa shape index (κ3) is 5.21. The molecule has 0 saturated heterocycles. The van der Waals surface area contributed by atoms with Gasteiger partial charge in [-0.1, -0.05) is 14.0 Å². The van der Waals surface area contributed by atoms with Crippen LogP contribution in [0.5, 0.6) is 0 Å². The minimum Gasteiger partial charge on any atom is -0.545 e. The van der Waals surface area contributed by atoms with Crippen molar-refractivity contribution in [1.29, 1.82) is 0 Å². The highest BCUT2D eigenvalue weighted by Gasteiger charge is 1.76. The van der Waals surface area contributed by atoms with Gasteiger partial charge in [-0.05, 0) is 12.5 Å². The van der Waals surface area contributed by atoms with Crippen LogP contribution in [0.2, 0.25) is 0 Å². The number of carbonyl (C=O) groups is 1. The molecule has 0 spiro atoms. The molecule has 2 heteroatoms. The summed E-state index contributed by atoms with van der Waals surface area (Å²) in [6, 6.07) is 0. The van der Waals surface area contributed by atoms with Crippen molar-refractivity contribution in [2.24, 2.45) is 0 Å². The fourth-order valence-electron chi connectivity index (χ4n) is 0. The van der Waals surface area contributed by atoms with Crippen LogP contribution >= 0.6 is 0 Å². The number of aliphatic carboxylic acids is 1. The second-order valence-corrected chi connectivity index (χ2v) is 1.07. The summed E-state index contributed by atoms with van der Waals surface area (Å²) in [4.78, 5) is 9.49. The fraction of sp³-hybridized carbons (Fsp3) is 0.400. The van der Waals surface area contributed by atoms with Crippen LogP contribution in [0, 0.1) is 0 Å². The van der Waals surface area contributed by atoms with Crippen molar-refractivity contribution in [2.75, 3.05) is 0 Å². The molecule has 0 N–H and O–H groups in total. The second-order valence-electron chi connectivity index (χ2n) is 1.07. The van der Waals surface area contributed by atoms with Crippen molar-refractivity contribution >= 4 is 5.97 Å². The van der Waals surface area contributed by atoms with Gasteiger partial charge in [0.05, 0.1) is 5.97 Å². The van der Waals surface area contributed by atoms with Crippen molar-refractivity contribution in [3.05, 3.63) is 12.2 Å². The largest absolute Gasteiger partial charge is 0.545 e. The average Bonchev–Trinajstić information content (AvgIpc) is 1.36. The third-order valence-corrected chi connectivity index (χ3v) is 0.348. The number of carbonyl (C=O) groups excluding carboxylic acids is 1. The molecule has 42 valence electrons. The highest BCUT2D eigenvalue weighted by molar-refractivity contribution is 5.82. The summed E-state index contributed by atoms with van der Waals surface area (Å²) in [5, 5.41) is 9.49. The van der Waals surface area contributed by atoms with Crippen LogP contribution in [0.3, 0.4) is 0 Å². The molecule has 0 rings (SSSR count). The Hall–Kier alpha value is -0.790. The summed E-state index contributed by atoms with van der Waals surface area (Å²) in [5.41, 5.74) is 0.0648. The minimum absolute atomic E-state index is 0. The van der Waals surface area contributed by atoms with E-state index < -0.39 is 5.97 Å². The molecule has 0 aliphatic rings. The average molecular weight is 101 g/mol. The van der Waals surface area contributed by atoms with E-state index >= 15 is 0 Å². The smallest absolute Gasteiger partial charge is 0.0666 e. The van der Waals surface area contributed by atoms with Gasteiger partial charge in [-0.25, -0.2) is 0 Å². The Balaban J connectivity index is 0. The Morgan fingerprint density at radius 2 is 1.86 bits per heavy atom. The zero-order valence-corrected chi connectivity index (χ0v) is 3.52. The lowest BCUT2D eigenvalue weighted by atomic mass is 10.4. The van der Waals surface area contributed by atoms with E-state index in [1.165, 1.54) is 6.92 Å². The van der Waals surface area contributed by atoms with Crippen LogP contribution in [-0.4, -0.2) is 5.97 Å². The molecule has 0 amide bonds. The lowest BCUT2D eigenvalue weighted by molar-refractivity contribution is -0.299. The number of hydrogen-bond donors (Lipinski definition) is 0. The van der Waals surface area contributed by atoms with Crippen LogP contribution in [0.25, 0.3) is 0 Å². The van der Waals surface area contributed by atoms with E-state index in [1.807, 2.05) is 0 Å². The predicted molar refractivity (Wildman–Crippen MR) is 26.6 cm³/mol. The topological polar surface area (TPSA) is 40.1 Å². The van der Waals surface area contributed by atoms with Gasteiger partial charge in [0.25, 0.3) is 0 Å². The van der Waals surface area contributed by atoms with Crippen molar-refractivity contribution in [3.63, 3.8) is 0 Å². The maximum absolute atomic E-state index is 9.49. The van der Waals surface area contributed by atoms with E-state index in [0.29, 0.717) is 0 Å². The minimum atomic E-state index is -1.19. The highest BCUT2D eigenvalue weighted by Crippen LogP contribution is 1.77. The zero-order valence-electron chi connectivity index (χ0n) is 3.52. The molecule has 0 aromatic carbocycles. The van der Waals surface area contributed by atoms with E-state index in [0.717, 1.165) is 0 Å². The number of rotatable bonds is 1. The Morgan fingerprint density at radius 3 is 1.86 bits per heavy atom. The van der Waals surface area contributed by atoms with Crippen LogP contribution in [0.15, 0.2) is 12.2 Å². The maximum atomic E-state index is 9.49. The first-order valence-electron chi connectivity index (χ1n) is 1.51. The van der Waals surface area contributed by atoms with Gasteiger partial charge in [0, 0.05) is 0 Å². The summed E-state index contributed by atoms with van der Waals surface area (Å²) in [7, 11) is 0. The molecular weight excluding hydrogens is 92.1 g/mol. The molecule has 0 fully saturated rings. The summed E-state index contributed by atoms with van der Waals surface area (Å²) < 4.78 is 0. The zero-order chi connectivity index (χ0) is 5.15. The highest BCUT2D eigenvalue weighted by atomic mass is 16.4. The van der Waals surface area contributed by atoms with Gasteiger partial charge in [0.15, 0.2) is 0 Å². The third-order valence-electron chi connectivity index (χ3n) is 0.348. The van der Waals surface area contributed by atoms with Gasteiger partial charge in [0.1, 0.15) is 0 Å². The van der Waals surface area contributed by atoms with Gasteiger partial charge >= 0.3 is 0 Å². The first kappa shape index (κ1) is 9.51. The normalized spacial score (nSPS) is 6.43. The van der Waals surface area contributed by atoms with E-state index in [2.05, 4.69) is 6.58 Å². The van der Waals surface area contributed by atoms with Crippen LogP contribution in [0.1, 0.15) is 14.4 Å². The molecule has 0 unspecified atom stereocenters. The number of carboxylic acid groups (broad SMARTS) is 1. The lowest BCUT2D eigenvalue weighted by Gasteiger charge is -1.93. The molecule has 2 nitrogen and oxygen atoms in total. The van der Waals surface area contributed by atoms with Crippen molar-refractivity contribution in [1.82, 2.24) is 0 Å². The Labute approximate surface area is 43.5 Å². The SMILES string of the molecule is C.C=C(C)C(=O)[O-]. The molecule has 0 aromatic heterocycles. The molecule has 0 atom stereocenters. The van der Waals surface area contributed by atoms with Gasteiger partial charge in [-0.2, -0.15) is 0 Å². The maximum Gasteiger partial charge on any atom is 0.0666 e. The Bertz CT molecular complexity index is 72.1. The molecule has 0 aromatic rings. The van der Waals surface area contributed by atoms with Gasteiger partial charge < -0.3 is 9.90 Å². The molecule has 0 saturated carbocycles. The monoisotopic (exact) mass is 101 g/mol. The molecule has 0 aliphatic carbocycles. The first-order valence-corrected chi connectivity index (χ1v) is 1.51. The van der Waals surface area contributed by atoms with Crippen molar-refractivity contribution in [2.45, 2.75) is 14.4 Å². The van der Waals surface area contributed by atoms with Crippen LogP contribution in [0.4, 0.5) is 0 Å². The van der Waals surface area contributed by atoms with Crippen LogP contribution < -0.4 is 5.11 Å². The van der Waals surface area contributed by atoms with E-state index in [4.69, 9.17) is 0 Å². The van der Waals surface area contributed by atoms with Crippen molar-refractivity contribution < 1.29 is 9.90 Å². The first-order chi connectivity index (χ1) is 2.64. The number of hydrogen-bond acceptors (Lipinski definition) is 2. The molecule has 0 aliphatic heterocycles. The second kappa shape index (κ2) is 3.40. The summed E-state index contributed by atoms with van der Waals surface area (Å²) in [6.07, 6.45) is 0.